The van der Waals surface area contributed by atoms with Crippen LogP contribution < -0.4 is 10.6 Å². The molecule has 9 heteroatoms. The highest BCUT2D eigenvalue weighted by Gasteiger charge is 2.31. The molecular formula is C11H20N4O3S2. The summed E-state index contributed by atoms with van der Waals surface area (Å²) in [6.07, 6.45) is 1.69. The molecule has 0 atom stereocenters. The van der Waals surface area contributed by atoms with Crippen molar-refractivity contribution in [2.24, 2.45) is 5.92 Å². The summed E-state index contributed by atoms with van der Waals surface area (Å²) in [4.78, 5) is 2.10. The van der Waals surface area contributed by atoms with Crippen LogP contribution in [0.25, 0.3) is 0 Å². The molecule has 0 aromatic carbocycles. The Morgan fingerprint density at radius 3 is 2.55 bits per heavy atom. The van der Waals surface area contributed by atoms with E-state index in [1.54, 1.807) is 0 Å². The van der Waals surface area contributed by atoms with Crippen LogP contribution in [0.15, 0.2) is 4.90 Å². The van der Waals surface area contributed by atoms with E-state index in [1.807, 2.05) is 4.90 Å². The highest BCUT2D eigenvalue weighted by atomic mass is 32.2. The molecule has 114 valence electrons. The van der Waals surface area contributed by atoms with Gasteiger partial charge in [-0.2, -0.15) is 4.37 Å². The Hall–Kier alpha value is -0.900. The van der Waals surface area contributed by atoms with Gasteiger partial charge in [-0.05, 0) is 30.3 Å². The fraction of sp³-hybridized carbons (Fsp3) is 0.727. The fourth-order valence-corrected chi connectivity index (χ4v) is 4.50. The summed E-state index contributed by atoms with van der Waals surface area (Å²) in [6.45, 7) is 1.60. The number of aliphatic hydroxyl groups is 1. The number of aliphatic hydroxyl groups excluding tert-OH is 1. The highest BCUT2D eigenvalue weighted by molar-refractivity contribution is 7.89. The van der Waals surface area contributed by atoms with E-state index in [4.69, 9.17) is 10.8 Å². The van der Waals surface area contributed by atoms with Gasteiger partial charge in [-0.15, -0.1) is 0 Å². The van der Waals surface area contributed by atoms with Crippen LogP contribution in [0.4, 0.5) is 10.8 Å². The summed E-state index contributed by atoms with van der Waals surface area (Å²) in [5.74, 6) is 0.355. The molecule has 0 unspecified atom stereocenters. The lowest BCUT2D eigenvalue weighted by Crippen LogP contribution is -2.35. The molecule has 1 aliphatic heterocycles. The number of sulfonamides is 1. The van der Waals surface area contributed by atoms with Crippen molar-refractivity contribution in [3.8, 4) is 0 Å². The van der Waals surface area contributed by atoms with E-state index < -0.39 is 10.0 Å². The van der Waals surface area contributed by atoms with Crippen LogP contribution in [0, 0.1) is 5.92 Å². The van der Waals surface area contributed by atoms with Crippen molar-refractivity contribution in [2.75, 3.05) is 44.4 Å². The van der Waals surface area contributed by atoms with Gasteiger partial charge in [0.15, 0.2) is 10.7 Å². The maximum atomic E-state index is 12.3. The SMILES string of the molecule is CN(C)S(=O)(=O)c1c(N)nsc1N1CCC(CO)CC1. The second-order valence-corrected chi connectivity index (χ2v) is 7.94. The first kappa shape index (κ1) is 15.5. The minimum absolute atomic E-state index is 0.0583. The lowest BCUT2D eigenvalue weighted by molar-refractivity contribution is 0.203. The molecule has 1 fully saturated rings. The van der Waals surface area contributed by atoms with Crippen LogP contribution in [0.3, 0.4) is 0 Å². The van der Waals surface area contributed by atoms with Crippen LogP contribution >= 0.6 is 11.5 Å². The molecule has 7 nitrogen and oxygen atoms in total. The molecule has 0 aliphatic carbocycles. The van der Waals surface area contributed by atoms with Crippen molar-refractivity contribution < 1.29 is 13.5 Å². The molecule has 1 aliphatic rings. The topological polar surface area (TPSA) is 99.8 Å². The van der Waals surface area contributed by atoms with Crippen molar-refractivity contribution in [3.63, 3.8) is 0 Å². The number of nitrogens with zero attached hydrogens (tertiary/aromatic N) is 3. The predicted molar refractivity (Wildman–Crippen MR) is 79.4 cm³/mol. The number of rotatable bonds is 4. The number of hydrogen-bond donors (Lipinski definition) is 2. The van der Waals surface area contributed by atoms with Gasteiger partial charge in [0.25, 0.3) is 0 Å². The minimum atomic E-state index is -3.60. The van der Waals surface area contributed by atoms with E-state index in [0.29, 0.717) is 24.0 Å². The van der Waals surface area contributed by atoms with Crippen molar-refractivity contribution in [3.05, 3.63) is 0 Å². The molecule has 1 saturated heterocycles. The Kier molecular flexibility index (Phi) is 4.52. The summed E-state index contributed by atoms with van der Waals surface area (Å²) in [7, 11) is -0.637. The Morgan fingerprint density at radius 1 is 1.45 bits per heavy atom. The second kappa shape index (κ2) is 5.84. The molecule has 3 N–H and O–H groups in total. The summed E-state index contributed by atoms with van der Waals surface area (Å²) >= 11 is 1.12. The zero-order valence-electron chi connectivity index (χ0n) is 11.6. The van der Waals surface area contributed by atoms with Crippen molar-refractivity contribution in [2.45, 2.75) is 17.7 Å². The quantitative estimate of drug-likeness (QED) is 0.821. The van der Waals surface area contributed by atoms with Gasteiger partial charge in [-0.25, -0.2) is 12.7 Å². The van der Waals surface area contributed by atoms with E-state index in [1.165, 1.54) is 14.1 Å². The third-order valence-corrected chi connectivity index (χ3v) is 6.49. The molecule has 20 heavy (non-hydrogen) atoms. The molecular weight excluding hydrogens is 300 g/mol. The minimum Gasteiger partial charge on any atom is -0.396 e. The van der Waals surface area contributed by atoms with E-state index in [2.05, 4.69) is 4.37 Å². The molecule has 2 heterocycles. The molecule has 0 bridgehead atoms. The molecule has 1 aromatic rings. The van der Waals surface area contributed by atoms with Gasteiger partial charge in [0.1, 0.15) is 5.00 Å². The second-order valence-electron chi connectivity index (χ2n) is 5.10. The standard InChI is InChI=1S/C11H20N4O3S2/c1-14(2)20(17,18)9-10(12)13-19-11(9)15-5-3-8(7-16)4-6-15/h8,16H,3-7H2,1-2H3,(H2,12,13). The lowest BCUT2D eigenvalue weighted by Gasteiger charge is -2.32. The average molecular weight is 320 g/mol. The smallest absolute Gasteiger partial charge is 0.249 e. The highest BCUT2D eigenvalue weighted by Crippen LogP contribution is 2.37. The zero-order chi connectivity index (χ0) is 14.9. The van der Waals surface area contributed by atoms with Gasteiger partial charge < -0.3 is 15.7 Å². The molecule has 0 radical (unpaired) electrons. The summed E-state index contributed by atoms with van der Waals surface area (Å²) < 4.78 is 29.8. The van der Waals surface area contributed by atoms with Crippen LogP contribution in [-0.4, -0.2) is 56.0 Å². The summed E-state index contributed by atoms with van der Waals surface area (Å²) in [6, 6.07) is 0. The summed E-state index contributed by atoms with van der Waals surface area (Å²) in [5.41, 5.74) is 5.75. The number of piperidine rings is 1. The number of aromatic nitrogens is 1. The van der Waals surface area contributed by atoms with Crippen LogP contribution in [-0.2, 0) is 10.0 Å². The molecule has 1 aromatic heterocycles. The van der Waals surface area contributed by atoms with Crippen LogP contribution in [0.5, 0.6) is 0 Å². The average Bonchev–Trinajstić information content (AvgIpc) is 2.81. The third-order valence-electron chi connectivity index (χ3n) is 3.56. The monoisotopic (exact) mass is 320 g/mol. The molecule has 0 saturated carbocycles. The van der Waals surface area contributed by atoms with Gasteiger partial charge in [0.2, 0.25) is 10.0 Å². The number of hydrogen-bond acceptors (Lipinski definition) is 7. The van der Waals surface area contributed by atoms with E-state index in [-0.39, 0.29) is 17.3 Å². The van der Waals surface area contributed by atoms with E-state index in [9.17, 15) is 8.42 Å². The zero-order valence-corrected chi connectivity index (χ0v) is 13.2. The van der Waals surface area contributed by atoms with Crippen molar-refractivity contribution in [1.82, 2.24) is 8.68 Å². The Morgan fingerprint density at radius 2 is 2.05 bits per heavy atom. The fourth-order valence-electron chi connectivity index (χ4n) is 2.23. The maximum Gasteiger partial charge on any atom is 0.249 e. The first-order valence-corrected chi connectivity index (χ1v) is 8.62. The third kappa shape index (κ3) is 2.76. The first-order valence-electron chi connectivity index (χ1n) is 6.41. The Balaban J connectivity index is 2.31. The summed E-state index contributed by atoms with van der Waals surface area (Å²) in [5, 5.41) is 9.76. The van der Waals surface area contributed by atoms with E-state index >= 15 is 0 Å². The van der Waals surface area contributed by atoms with Gasteiger partial charge >= 0.3 is 0 Å². The molecule has 0 amide bonds. The van der Waals surface area contributed by atoms with Gasteiger partial charge in [0.05, 0.1) is 0 Å². The van der Waals surface area contributed by atoms with Crippen molar-refractivity contribution >= 4 is 32.4 Å². The van der Waals surface area contributed by atoms with Crippen molar-refractivity contribution in [1.29, 1.82) is 0 Å². The first-order chi connectivity index (χ1) is 9.37. The molecule has 2 rings (SSSR count). The van der Waals surface area contributed by atoms with Gasteiger partial charge in [0, 0.05) is 33.8 Å². The number of nitrogens with two attached hydrogens (primary N) is 1. The Labute approximate surface area is 123 Å². The Bertz CT molecular complexity index is 562. The normalized spacial score (nSPS) is 17.9. The molecule has 0 spiro atoms. The number of anilines is 2. The maximum absolute atomic E-state index is 12.3. The lowest BCUT2D eigenvalue weighted by atomic mass is 9.98. The van der Waals surface area contributed by atoms with Gasteiger partial charge in [-0.1, -0.05) is 0 Å². The van der Waals surface area contributed by atoms with Gasteiger partial charge in [-0.3, -0.25) is 0 Å². The predicted octanol–water partition coefficient (Wildman–Crippen LogP) is 0.184. The van der Waals surface area contributed by atoms with Crippen LogP contribution in [0.1, 0.15) is 12.8 Å². The van der Waals surface area contributed by atoms with E-state index in [0.717, 1.165) is 28.7 Å². The largest absolute Gasteiger partial charge is 0.396 e. The number of nitrogen functional groups attached to an aromatic ring is 1. The van der Waals surface area contributed by atoms with Crippen LogP contribution in [0.2, 0.25) is 0 Å².